The van der Waals surface area contributed by atoms with Gasteiger partial charge in [-0.15, -0.1) is 11.3 Å². The number of primary amides is 1. The summed E-state index contributed by atoms with van der Waals surface area (Å²) in [5.41, 5.74) is 11.4. The Morgan fingerprint density at radius 3 is 2.69 bits per heavy atom. The molecule has 1 spiro atoms. The lowest BCUT2D eigenvalue weighted by Gasteiger charge is -2.60. The number of nitrogens with two attached hydrogens (primary N) is 1. The van der Waals surface area contributed by atoms with Crippen LogP contribution in [0.4, 0.5) is 5.69 Å². The quantitative estimate of drug-likeness (QED) is 0.333. The van der Waals surface area contributed by atoms with Gasteiger partial charge >= 0.3 is 0 Å². The molecule has 1 unspecified atom stereocenters. The number of H-pyrrole nitrogens is 1. The number of carbonyl (C=O) groups excluding carboxylic acids is 1. The molecule has 6 heteroatoms. The maximum Gasteiger partial charge on any atom is 0.259 e. The number of aromatic amines is 1. The molecule has 2 aromatic carbocycles. The van der Waals surface area contributed by atoms with Crippen LogP contribution in [0.25, 0.3) is 21.0 Å². The summed E-state index contributed by atoms with van der Waals surface area (Å²) in [5.74, 6) is -0.0439. The topological polar surface area (TPSA) is 65.4 Å². The predicted molar refractivity (Wildman–Crippen MR) is 147 cm³/mol. The summed E-state index contributed by atoms with van der Waals surface area (Å²) in [6, 6.07) is 15.3. The van der Waals surface area contributed by atoms with E-state index < -0.39 is 0 Å². The lowest BCUT2D eigenvalue weighted by molar-refractivity contribution is -0.00237. The Hall–Kier alpha value is -2.83. The molecule has 5 nitrogen and oxygen atoms in total. The molecule has 2 saturated heterocycles. The zero-order valence-corrected chi connectivity index (χ0v) is 21.5. The molecule has 3 N–H and O–H groups in total. The summed E-state index contributed by atoms with van der Waals surface area (Å²) in [6.45, 7) is 6.89. The number of fused-ring (bicyclic) bond motifs is 2. The number of thiophene rings is 1. The van der Waals surface area contributed by atoms with Crippen molar-refractivity contribution in [2.75, 3.05) is 38.1 Å². The number of rotatable bonds is 8. The Labute approximate surface area is 210 Å². The second-order valence-electron chi connectivity index (χ2n) is 10.8. The molecule has 2 aromatic heterocycles. The normalized spacial score (nSPS) is 18.2. The van der Waals surface area contributed by atoms with Crippen molar-refractivity contribution in [3.63, 3.8) is 0 Å². The highest BCUT2D eigenvalue weighted by molar-refractivity contribution is 7.21. The number of nitrogens with zero attached hydrogens (tertiary/aromatic N) is 2. The van der Waals surface area contributed by atoms with E-state index in [1.54, 1.807) is 11.3 Å². The van der Waals surface area contributed by atoms with Crippen molar-refractivity contribution < 1.29 is 4.79 Å². The fraction of sp³-hybridized carbons (Fsp3) is 0.414. The Kier molecular flexibility index (Phi) is 5.61. The first kappa shape index (κ1) is 22.6. The molecular weight excluding hydrogens is 452 g/mol. The molecule has 4 aromatic rings. The molecule has 2 aliphatic heterocycles. The van der Waals surface area contributed by atoms with Crippen LogP contribution in [0.15, 0.2) is 48.7 Å². The lowest BCUT2D eigenvalue weighted by atomic mass is 9.73. The van der Waals surface area contributed by atoms with Gasteiger partial charge in [-0.25, -0.2) is 0 Å². The highest BCUT2D eigenvalue weighted by atomic mass is 32.1. The number of amides is 1. The molecule has 0 bridgehead atoms. The van der Waals surface area contributed by atoms with E-state index in [2.05, 4.69) is 77.4 Å². The van der Waals surface area contributed by atoms with Gasteiger partial charge in [-0.2, -0.15) is 0 Å². The average molecular weight is 487 g/mol. The fourth-order valence-corrected chi connectivity index (χ4v) is 7.67. The zero-order chi connectivity index (χ0) is 24.2. The van der Waals surface area contributed by atoms with E-state index in [0.717, 1.165) is 54.7 Å². The number of nitrogens with one attached hydrogen (secondary N) is 1. The Morgan fingerprint density at radius 1 is 1.14 bits per heavy atom. The van der Waals surface area contributed by atoms with Crippen LogP contribution in [0, 0.1) is 5.41 Å². The maximum absolute atomic E-state index is 12.6. The molecule has 2 fully saturated rings. The summed E-state index contributed by atoms with van der Waals surface area (Å²) in [6.07, 6.45) is 6.35. The van der Waals surface area contributed by atoms with E-state index in [1.807, 2.05) is 0 Å². The summed E-state index contributed by atoms with van der Waals surface area (Å²) in [7, 11) is 2.20. The van der Waals surface area contributed by atoms with Crippen molar-refractivity contribution in [3.8, 4) is 0 Å². The van der Waals surface area contributed by atoms with Crippen LogP contribution in [0.3, 0.4) is 0 Å². The third-order valence-electron chi connectivity index (χ3n) is 8.02. The van der Waals surface area contributed by atoms with Gasteiger partial charge in [-0.3, -0.25) is 4.79 Å². The van der Waals surface area contributed by atoms with Gasteiger partial charge in [-0.05, 0) is 60.5 Å². The van der Waals surface area contributed by atoms with E-state index in [0.29, 0.717) is 5.41 Å². The van der Waals surface area contributed by atoms with Gasteiger partial charge in [0.25, 0.3) is 5.91 Å². The number of hydrogen-bond acceptors (Lipinski definition) is 4. The molecule has 2 aliphatic rings. The van der Waals surface area contributed by atoms with Crippen molar-refractivity contribution >= 4 is 43.9 Å². The molecule has 6 rings (SSSR count). The first-order valence-corrected chi connectivity index (χ1v) is 13.6. The predicted octanol–water partition coefficient (Wildman–Crippen LogP) is 5.75. The average Bonchev–Trinajstić information content (AvgIpc) is 3.39. The summed E-state index contributed by atoms with van der Waals surface area (Å²) < 4.78 is 1.18. The van der Waals surface area contributed by atoms with Crippen LogP contribution >= 0.6 is 11.3 Å². The van der Waals surface area contributed by atoms with Crippen molar-refractivity contribution in [1.82, 2.24) is 9.88 Å². The van der Waals surface area contributed by atoms with Crippen LogP contribution in [0.1, 0.15) is 52.9 Å². The third kappa shape index (κ3) is 3.93. The Balaban J connectivity index is 1.35. The first-order valence-electron chi connectivity index (χ1n) is 12.8. The third-order valence-corrected chi connectivity index (χ3v) is 9.20. The smallest absolute Gasteiger partial charge is 0.259 e. The fourth-order valence-electron chi connectivity index (χ4n) is 6.50. The van der Waals surface area contributed by atoms with Gasteiger partial charge in [-0.1, -0.05) is 44.0 Å². The number of hydrogen-bond donors (Lipinski definition) is 2. The number of carbonyl (C=O) groups is 1. The van der Waals surface area contributed by atoms with E-state index in [-0.39, 0.29) is 11.8 Å². The second-order valence-corrected chi connectivity index (χ2v) is 11.9. The standard InChI is InChI=1S/C29H34N4OS/c1-3-4-7-19(12-20-14-31-24-9-6-5-8-22(20)24)26-23-11-10-21(13-25(23)35-27(26)28(30)34)33-17-29(18-33)15-32(2)16-29/h5-6,8-11,13-14,19,31H,3-4,7,12,15-18H2,1-2H3,(H2,30,34). The largest absolute Gasteiger partial charge is 0.370 e. The van der Waals surface area contributed by atoms with Gasteiger partial charge in [0.05, 0.1) is 4.88 Å². The summed E-state index contributed by atoms with van der Waals surface area (Å²) in [4.78, 5) is 21.7. The number of benzene rings is 2. The van der Waals surface area contributed by atoms with Gasteiger partial charge in [0, 0.05) is 59.1 Å². The molecule has 0 aliphatic carbocycles. The summed E-state index contributed by atoms with van der Waals surface area (Å²) in [5, 5.41) is 2.47. The zero-order valence-electron chi connectivity index (χ0n) is 20.6. The number of anilines is 1. The summed E-state index contributed by atoms with van der Waals surface area (Å²) >= 11 is 1.58. The Bertz CT molecular complexity index is 1390. The van der Waals surface area contributed by atoms with Gasteiger partial charge in [0.2, 0.25) is 0 Å². The Morgan fingerprint density at radius 2 is 1.94 bits per heavy atom. The van der Waals surface area contributed by atoms with Crippen LogP contribution in [-0.2, 0) is 6.42 Å². The number of aromatic nitrogens is 1. The maximum atomic E-state index is 12.6. The number of unbranched alkanes of at least 4 members (excludes halogenated alkanes) is 1. The molecule has 35 heavy (non-hydrogen) atoms. The monoisotopic (exact) mass is 486 g/mol. The highest BCUT2D eigenvalue weighted by Gasteiger charge is 2.50. The molecule has 0 saturated carbocycles. The number of likely N-dealkylation sites (tertiary alicyclic amines) is 1. The van der Waals surface area contributed by atoms with E-state index in [4.69, 9.17) is 5.73 Å². The van der Waals surface area contributed by atoms with Crippen molar-refractivity contribution in [3.05, 3.63) is 64.7 Å². The van der Waals surface area contributed by atoms with Crippen LogP contribution in [0.2, 0.25) is 0 Å². The van der Waals surface area contributed by atoms with Gasteiger partial charge in [0.1, 0.15) is 0 Å². The first-order chi connectivity index (χ1) is 17.0. The van der Waals surface area contributed by atoms with Gasteiger partial charge in [0.15, 0.2) is 0 Å². The molecule has 0 radical (unpaired) electrons. The molecule has 1 amide bonds. The molecular formula is C29H34N4OS. The molecule has 1 atom stereocenters. The lowest BCUT2D eigenvalue weighted by Crippen LogP contribution is -2.71. The molecule has 4 heterocycles. The SMILES string of the molecule is CCCCC(Cc1c[nH]c2ccccc12)c1c(C(N)=O)sc2cc(N3CC4(CN(C)C4)C3)ccc12. The van der Waals surface area contributed by atoms with E-state index >= 15 is 0 Å². The van der Waals surface area contributed by atoms with Crippen LogP contribution in [-0.4, -0.2) is 49.0 Å². The molecule has 182 valence electrons. The van der Waals surface area contributed by atoms with Crippen molar-refractivity contribution in [2.24, 2.45) is 11.1 Å². The van der Waals surface area contributed by atoms with Crippen molar-refractivity contribution in [1.29, 1.82) is 0 Å². The number of para-hydroxylation sites is 1. The van der Waals surface area contributed by atoms with Crippen LogP contribution < -0.4 is 10.6 Å². The van der Waals surface area contributed by atoms with Crippen molar-refractivity contribution in [2.45, 2.75) is 38.5 Å². The van der Waals surface area contributed by atoms with Crippen LogP contribution in [0.5, 0.6) is 0 Å². The minimum atomic E-state index is -0.302. The van der Waals surface area contributed by atoms with Gasteiger partial charge < -0.3 is 20.5 Å². The second kappa shape index (κ2) is 8.68. The van der Waals surface area contributed by atoms with E-state index in [9.17, 15) is 4.79 Å². The minimum absolute atomic E-state index is 0.258. The minimum Gasteiger partial charge on any atom is -0.370 e. The highest BCUT2D eigenvalue weighted by Crippen LogP contribution is 2.45. The van der Waals surface area contributed by atoms with E-state index in [1.165, 1.54) is 39.8 Å².